The average molecular weight is 288 g/mol. The topological polar surface area (TPSA) is 49.3 Å². The number of hydrogen-bond donors (Lipinski definition) is 0. The molecule has 0 N–H and O–H groups in total. The van der Waals surface area contributed by atoms with Crippen LogP contribution in [-0.4, -0.2) is 53.4 Å². The largest absolute Gasteiger partial charge is 0.338 e. The summed E-state index contributed by atoms with van der Waals surface area (Å²) in [6, 6.07) is 0. The molecule has 0 unspecified atom stereocenters. The molecule has 0 amide bonds. The fourth-order valence-corrected chi connectivity index (χ4v) is 3.35. The van der Waals surface area contributed by atoms with Crippen LogP contribution in [0.5, 0.6) is 0 Å². The summed E-state index contributed by atoms with van der Waals surface area (Å²) >= 11 is 0. The minimum Gasteiger partial charge on any atom is -0.338 e. The summed E-state index contributed by atoms with van der Waals surface area (Å²) in [6.07, 6.45) is 1.53. The van der Waals surface area contributed by atoms with E-state index >= 15 is 0 Å². The van der Waals surface area contributed by atoms with Crippen molar-refractivity contribution in [2.24, 2.45) is 5.92 Å². The van der Waals surface area contributed by atoms with Crippen molar-refractivity contribution in [2.45, 2.75) is 33.6 Å². The molecule has 0 spiro atoms. The number of carbonyl (C=O) groups excluding carboxylic acids is 1. The molecule has 1 aromatic rings. The Kier molecular flexibility index (Phi) is 3.93. The average Bonchev–Trinajstić information content (AvgIpc) is 2.46. The van der Waals surface area contributed by atoms with Crippen molar-refractivity contribution >= 4 is 11.7 Å². The highest BCUT2D eigenvalue weighted by Gasteiger charge is 2.28. The zero-order chi connectivity index (χ0) is 15.0. The van der Waals surface area contributed by atoms with Crippen molar-refractivity contribution in [1.82, 2.24) is 14.9 Å². The van der Waals surface area contributed by atoms with Gasteiger partial charge in [0.15, 0.2) is 5.78 Å². The van der Waals surface area contributed by atoms with E-state index in [4.69, 9.17) is 4.98 Å². The van der Waals surface area contributed by atoms with Gasteiger partial charge >= 0.3 is 0 Å². The fraction of sp³-hybridized carbons (Fsp3) is 0.688. The van der Waals surface area contributed by atoms with Crippen molar-refractivity contribution in [3.05, 3.63) is 17.0 Å². The predicted octanol–water partition coefficient (Wildman–Crippen LogP) is 1.69. The minimum atomic E-state index is 0.212. The second-order valence-corrected chi connectivity index (χ2v) is 6.29. The molecule has 2 aliphatic rings. The van der Waals surface area contributed by atoms with Crippen LogP contribution in [0, 0.1) is 12.8 Å². The summed E-state index contributed by atoms with van der Waals surface area (Å²) in [5.74, 6) is 1.41. The van der Waals surface area contributed by atoms with Gasteiger partial charge in [-0.2, -0.15) is 0 Å². The van der Waals surface area contributed by atoms with E-state index in [-0.39, 0.29) is 5.78 Å². The summed E-state index contributed by atoms with van der Waals surface area (Å²) in [5, 5.41) is 0. The first-order chi connectivity index (χ1) is 10.1. The number of aryl methyl sites for hydroxylation is 1. The van der Waals surface area contributed by atoms with E-state index in [1.807, 2.05) is 6.92 Å². The van der Waals surface area contributed by atoms with E-state index in [0.29, 0.717) is 12.3 Å². The molecule has 0 saturated carbocycles. The molecule has 1 aromatic heterocycles. The van der Waals surface area contributed by atoms with Gasteiger partial charge in [0.25, 0.3) is 0 Å². The number of Topliss-reactive ketones (excluding diaryl/α,β-unsaturated/α-hetero) is 1. The summed E-state index contributed by atoms with van der Waals surface area (Å²) in [6.45, 7) is 11.4. The van der Waals surface area contributed by atoms with Crippen LogP contribution in [0.3, 0.4) is 0 Å². The predicted molar refractivity (Wildman–Crippen MR) is 82.9 cm³/mol. The Morgan fingerprint density at radius 2 is 1.86 bits per heavy atom. The van der Waals surface area contributed by atoms with E-state index in [2.05, 4.69) is 28.6 Å². The minimum absolute atomic E-state index is 0.212. The number of ketones is 1. The van der Waals surface area contributed by atoms with Gasteiger partial charge in [0.1, 0.15) is 0 Å². The molecule has 3 rings (SSSR count). The molecule has 2 heterocycles. The van der Waals surface area contributed by atoms with Crippen molar-refractivity contribution < 1.29 is 4.79 Å². The van der Waals surface area contributed by atoms with Crippen LogP contribution in [0.4, 0.5) is 5.95 Å². The molecule has 5 nitrogen and oxygen atoms in total. The van der Waals surface area contributed by atoms with Gasteiger partial charge in [0.05, 0.1) is 17.0 Å². The summed E-state index contributed by atoms with van der Waals surface area (Å²) in [7, 11) is 0. The molecule has 5 heteroatoms. The standard InChI is InChI=1S/C16H24N4O/c1-4-19-5-7-20(8-6-19)16-17-12(3)15-13(18-16)9-11(2)10-14(15)21/h11H,4-10H2,1-3H3/t11-/m0/s1. The van der Waals surface area contributed by atoms with Crippen LogP contribution in [0.2, 0.25) is 0 Å². The maximum atomic E-state index is 12.2. The van der Waals surface area contributed by atoms with E-state index in [0.717, 1.165) is 62.0 Å². The third-order valence-electron chi connectivity index (χ3n) is 4.61. The lowest BCUT2D eigenvalue weighted by atomic mass is 9.86. The first kappa shape index (κ1) is 14.4. The van der Waals surface area contributed by atoms with Crippen LogP contribution in [-0.2, 0) is 6.42 Å². The SMILES string of the molecule is CCN1CCN(c2nc(C)c3c(n2)C[C@H](C)CC3=O)CC1. The molecule has 1 aliphatic heterocycles. The number of anilines is 1. The molecule has 1 fully saturated rings. The maximum Gasteiger partial charge on any atom is 0.225 e. The molecular weight excluding hydrogens is 264 g/mol. The fourth-order valence-electron chi connectivity index (χ4n) is 3.35. The van der Waals surface area contributed by atoms with E-state index in [1.165, 1.54) is 0 Å². The molecular formula is C16H24N4O. The maximum absolute atomic E-state index is 12.2. The molecule has 1 atom stereocenters. The van der Waals surface area contributed by atoms with Crippen molar-refractivity contribution in [3.63, 3.8) is 0 Å². The van der Waals surface area contributed by atoms with Gasteiger partial charge in [-0.3, -0.25) is 4.79 Å². The van der Waals surface area contributed by atoms with Gasteiger partial charge in [-0.1, -0.05) is 13.8 Å². The molecule has 21 heavy (non-hydrogen) atoms. The number of hydrogen-bond acceptors (Lipinski definition) is 5. The first-order valence-corrected chi connectivity index (χ1v) is 7.96. The smallest absolute Gasteiger partial charge is 0.225 e. The van der Waals surface area contributed by atoms with Gasteiger partial charge in [-0.05, 0) is 25.8 Å². The lowest BCUT2D eigenvalue weighted by Crippen LogP contribution is -2.47. The zero-order valence-electron chi connectivity index (χ0n) is 13.2. The highest BCUT2D eigenvalue weighted by Crippen LogP contribution is 2.27. The van der Waals surface area contributed by atoms with E-state index in [9.17, 15) is 4.79 Å². The van der Waals surface area contributed by atoms with Gasteiger partial charge < -0.3 is 9.80 Å². The lowest BCUT2D eigenvalue weighted by molar-refractivity contribution is 0.0951. The number of fused-ring (bicyclic) bond motifs is 1. The Hall–Kier alpha value is -1.49. The highest BCUT2D eigenvalue weighted by molar-refractivity contribution is 5.99. The van der Waals surface area contributed by atoms with Gasteiger partial charge in [-0.15, -0.1) is 0 Å². The molecule has 114 valence electrons. The molecule has 1 aliphatic carbocycles. The van der Waals surface area contributed by atoms with Crippen molar-refractivity contribution in [3.8, 4) is 0 Å². The normalized spacial score (nSPS) is 23.3. The molecule has 0 aromatic carbocycles. The van der Waals surface area contributed by atoms with E-state index < -0.39 is 0 Å². The Bertz CT molecular complexity index is 549. The molecule has 0 bridgehead atoms. The zero-order valence-corrected chi connectivity index (χ0v) is 13.2. The summed E-state index contributed by atoms with van der Waals surface area (Å²) in [5.41, 5.74) is 2.59. The number of likely N-dealkylation sites (N-methyl/N-ethyl adjacent to an activating group) is 1. The van der Waals surface area contributed by atoms with Gasteiger partial charge in [-0.25, -0.2) is 9.97 Å². The van der Waals surface area contributed by atoms with E-state index in [1.54, 1.807) is 0 Å². The van der Waals surface area contributed by atoms with Crippen LogP contribution in [0.15, 0.2) is 0 Å². The Labute approximate surface area is 126 Å². The quantitative estimate of drug-likeness (QED) is 0.829. The molecule has 0 radical (unpaired) electrons. The number of carbonyl (C=O) groups is 1. The van der Waals surface area contributed by atoms with Crippen LogP contribution in [0.25, 0.3) is 0 Å². The van der Waals surface area contributed by atoms with Crippen LogP contribution < -0.4 is 4.90 Å². The summed E-state index contributed by atoms with van der Waals surface area (Å²) in [4.78, 5) is 26.2. The second kappa shape index (κ2) is 5.72. The van der Waals surface area contributed by atoms with Gasteiger partial charge in [0.2, 0.25) is 5.95 Å². The monoisotopic (exact) mass is 288 g/mol. The van der Waals surface area contributed by atoms with Crippen molar-refractivity contribution in [1.29, 1.82) is 0 Å². The Morgan fingerprint density at radius 1 is 1.14 bits per heavy atom. The lowest BCUT2D eigenvalue weighted by Gasteiger charge is -2.34. The van der Waals surface area contributed by atoms with Crippen LogP contribution in [0.1, 0.15) is 42.0 Å². The Morgan fingerprint density at radius 3 is 2.52 bits per heavy atom. The Balaban J connectivity index is 1.86. The number of aromatic nitrogens is 2. The highest BCUT2D eigenvalue weighted by atomic mass is 16.1. The second-order valence-electron chi connectivity index (χ2n) is 6.29. The number of rotatable bonds is 2. The van der Waals surface area contributed by atoms with Crippen molar-refractivity contribution in [2.75, 3.05) is 37.6 Å². The third kappa shape index (κ3) is 2.79. The third-order valence-corrected chi connectivity index (χ3v) is 4.61. The number of nitrogens with zero attached hydrogens (tertiary/aromatic N) is 4. The number of piperazine rings is 1. The van der Waals surface area contributed by atoms with Crippen LogP contribution >= 0.6 is 0 Å². The van der Waals surface area contributed by atoms with Gasteiger partial charge in [0, 0.05) is 32.6 Å². The molecule has 1 saturated heterocycles. The summed E-state index contributed by atoms with van der Waals surface area (Å²) < 4.78 is 0. The first-order valence-electron chi connectivity index (χ1n) is 7.96.